The molecule has 1 heterocycles. The number of pyridine rings is 1. The monoisotopic (exact) mass is 397 g/mol. The van der Waals surface area contributed by atoms with E-state index in [1.165, 1.54) is 4.90 Å². The fraction of sp³-hybridized carbons (Fsp3) is 0.190. The van der Waals surface area contributed by atoms with Gasteiger partial charge < -0.3 is 15.0 Å². The van der Waals surface area contributed by atoms with Crippen molar-refractivity contribution in [3.63, 3.8) is 0 Å². The number of halogens is 1. The zero-order valence-electron chi connectivity index (χ0n) is 15.8. The lowest BCUT2D eigenvalue weighted by Gasteiger charge is -2.18. The van der Waals surface area contributed by atoms with Crippen LogP contribution in [-0.2, 0) is 4.79 Å². The number of likely N-dealkylation sites (N-methyl/N-ethyl adjacent to an activating group) is 1. The minimum atomic E-state index is -0.336. The summed E-state index contributed by atoms with van der Waals surface area (Å²) >= 11 is 6.05. The molecule has 2 amide bonds. The third-order valence-corrected chi connectivity index (χ3v) is 4.65. The summed E-state index contributed by atoms with van der Waals surface area (Å²) in [5, 5.41) is 3.94. The number of carbonyl (C=O) groups is 2. The molecule has 6 nitrogen and oxygen atoms in total. The minimum Gasteiger partial charge on any atom is -0.497 e. The molecule has 0 radical (unpaired) electrons. The van der Waals surface area contributed by atoms with Crippen LogP contribution in [0, 0.1) is 6.92 Å². The summed E-state index contributed by atoms with van der Waals surface area (Å²) in [7, 11) is 3.16. The van der Waals surface area contributed by atoms with E-state index in [4.69, 9.17) is 16.3 Å². The minimum absolute atomic E-state index is 0.111. The second kappa shape index (κ2) is 8.27. The molecule has 0 aliphatic carbocycles. The highest BCUT2D eigenvalue weighted by Gasteiger charge is 2.19. The van der Waals surface area contributed by atoms with Crippen molar-refractivity contribution in [2.45, 2.75) is 6.92 Å². The average molecular weight is 398 g/mol. The Morgan fingerprint density at radius 3 is 2.64 bits per heavy atom. The summed E-state index contributed by atoms with van der Waals surface area (Å²) in [6.07, 6.45) is 0. The number of fused-ring (bicyclic) bond motifs is 1. The normalized spacial score (nSPS) is 10.6. The van der Waals surface area contributed by atoms with Crippen LogP contribution in [0.2, 0.25) is 5.02 Å². The van der Waals surface area contributed by atoms with Gasteiger partial charge in [0.2, 0.25) is 5.91 Å². The van der Waals surface area contributed by atoms with Gasteiger partial charge >= 0.3 is 0 Å². The highest BCUT2D eigenvalue weighted by molar-refractivity contribution is 6.33. The van der Waals surface area contributed by atoms with E-state index >= 15 is 0 Å². The summed E-state index contributed by atoms with van der Waals surface area (Å²) in [6.45, 7) is 1.66. The van der Waals surface area contributed by atoms with Crippen molar-refractivity contribution in [2.24, 2.45) is 0 Å². The summed E-state index contributed by atoms with van der Waals surface area (Å²) in [5.41, 5.74) is 2.31. The smallest absolute Gasteiger partial charge is 0.255 e. The number of rotatable bonds is 5. The molecule has 144 valence electrons. The molecule has 3 aromatic rings. The molecule has 0 aliphatic rings. The average Bonchev–Trinajstić information content (AvgIpc) is 2.68. The number of anilines is 1. The van der Waals surface area contributed by atoms with Gasteiger partial charge in [-0.3, -0.25) is 14.6 Å². The second-order valence-corrected chi connectivity index (χ2v) is 6.78. The maximum atomic E-state index is 12.9. The van der Waals surface area contributed by atoms with Crippen LogP contribution in [0.4, 0.5) is 5.69 Å². The third-order valence-electron chi connectivity index (χ3n) is 4.32. The number of nitrogens with zero attached hydrogens (tertiary/aromatic N) is 2. The van der Waals surface area contributed by atoms with E-state index < -0.39 is 0 Å². The van der Waals surface area contributed by atoms with E-state index in [0.29, 0.717) is 27.7 Å². The molecule has 0 atom stereocenters. The Labute approximate surface area is 168 Å². The van der Waals surface area contributed by atoms with Gasteiger partial charge in [-0.1, -0.05) is 23.7 Å². The van der Waals surface area contributed by atoms with E-state index in [0.717, 1.165) is 10.9 Å². The Hall–Kier alpha value is -3.12. The number of benzene rings is 2. The molecule has 1 N–H and O–H groups in total. The van der Waals surface area contributed by atoms with Gasteiger partial charge in [0.05, 0.1) is 41.1 Å². The summed E-state index contributed by atoms with van der Waals surface area (Å²) in [6, 6.07) is 14.2. The standard InChI is InChI=1S/C21H20ClN3O3/c1-13-16(11-14-10-15(28-3)8-9-18(14)23-13)21(27)25(2)12-20(26)24-19-7-5-4-6-17(19)22/h4-11H,12H2,1-3H3,(H,24,26). The number of hydrogen-bond donors (Lipinski definition) is 1. The van der Waals surface area contributed by atoms with Gasteiger partial charge in [0.1, 0.15) is 5.75 Å². The van der Waals surface area contributed by atoms with Crippen LogP contribution in [-0.4, -0.2) is 42.4 Å². The summed E-state index contributed by atoms with van der Waals surface area (Å²) in [5.74, 6) is 0.0603. The molecule has 1 aromatic heterocycles. The lowest BCUT2D eigenvalue weighted by molar-refractivity contribution is -0.116. The maximum absolute atomic E-state index is 12.9. The SMILES string of the molecule is COc1ccc2nc(C)c(C(=O)N(C)CC(=O)Nc3ccccc3Cl)cc2c1. The van der Waals surface area contributed by atoms with E-state index in [1.807, 2.05) is 18.2 Å². The van der Waals surface area contributed by atoms with Crippen LogP contribution >= 0.6 is 11.6 Å². The molecule has 28 heavy (non-hydrogen) atoms. The second-order valence-electron chi connectivity index (χ2n) is 6.37. The van der Waals surface area contributed by atoms with Crippen LogP contribution in [0.5, 0.6) is 5.75 Å². The first-order valence-corrected chi connectivity index (χ1v) is 9.02. The van der Waals surface area contributed by atoms with Crippen LogP contribution in [0.3, 0.4) is 0 Å². The predicted molar refractivity (Wildman–Crippen MR) is 110 cm³/mol. The first-order chi connectivity index (χ1) is 13.4. The molecule has 2 aromatic carbocycles. The topological polar surface area (TPSA) is 71.5 Å². The summed E-state index contributed by atoms with van der Waals surface area (Å²) < 4.78 is 5.23. The molecule has 0 saturated carbocycles. The van der Waals surface area contributed by atoms with Crippen molar-refractivity contribution in [1.29, 1.82) is 0 Å². The van der Waals surface area contributed by atoms with E-state index in [2.05, 4.69) is 10.3 Å². The number of nitrogens with one attached hydrogen (secondary N) is 1. The number of amides is 2. The number of aromatic nitrogens is 1. The molecule has 0 spiro atoms. The lowest BCUT2D eigenvalue weighted by Crippen LogP contribution is -2.35. The maximum Gasteiger partial charge on any atom is 0.255 e. The number of ether oxygens (including phenoxy) is 1. The quantitative estimate of drug-likeness (QED) is 0.708. The van der Waals surface area contributed by atoms with Crippen LogP contribution in [0.1, 0.15) is 16.1 Å². The number of aryl methyl sites for hydroxylation is 1. The molecule has 7 heteroatoms. The number of para-hydroxylation sites is 1. The van der Waals surface area contributed by atoms with E-state index in [1.54, 1.807) is 51.4 Å². The Balaban J connectivity index is 1.78. The first-order valence-electron chi connectivity index (χ1n) is 8.64. The molecular weight excluding hydrogens is 378 g/mol. The van der Waals surface area contributed by atoms with Crippen molar-refractivity contribution < 1.29 is 14.3 Å². The molecule has 0 saturated heterocycles. The van der Waals surface area contributed by atoms with Gasteiger partial charge in [0, 0.05) is 12.4 Å². The van der Waals surface area contributed by atoms with Crippen LogP contribution in [0.25, 0.3) is 10.9 Å². The van der Waals surface area contributed by atoms with Crippen LogP contribution in [0.15, 0.2) is 48.5 Å². The molecule has 0 bridgehead atoms. The predicted octanol–water partition coefficient (Wildman–Crippen LogP) is 3.92. The lowest BCUT2D eigenvalue weighted by atomic mass is 10.1. The number of methoxy groups -OCH3 is 1. The fourth-order valence-corrected chi connectivity index (χ4v) is 3.02. The largest absolute Gasteiger partial charge is 0.497 e. The molecule has 0 aliphatic heterocycles. The zero-order chi connectivity index (χ0) is 20.3. The van der Waals surface area contributed by atoms with Gasteiger partial charge in [-0.05, 0) is 43.3 Å². The van der Waals surface area contributed by atoms with Crippen molar-refractivity contribution in [2.75, 3.05) is 26.0 Å². The first kappa shape index (κ1) is 19.6. The van der Waals surface area contributed by atoms with Crippen molar-refractivity contribution in [3.05, 3.63) is 64.8 Å². The fourth-order valence-electron chi connectivity index (χ4n) is 2.84. The Morgan fingerprint density at radius 2 is 1.93 bits per heavy atom. The molecule has 0 fully saturated rings. The molecular formula is C21H20ClN3O3. The van der Waals surface area contributed by atoms with Crippen molar-refractivity contribution >= 4 is 40.0 Å². The number of hydrogen-bond acceptors (Lipinski definition) is 4. The van der Waals surface area contributed by atoms with E-state index in [9.17, 15) is 9.59 Å². The van der Waals surface area contributed by atoms with Gasteiger partial charge in [-0.25, -0.2) is 0 Å². The highest BCUT2D eigenvalue weighted by Crippen LogP contribution is 2.23. The zero-order valence-corrected chi connectivity index (χ0v) is 16.6. The van der Waals surface area contributed by atoms with Crippen molar-refractivity contribution in [1.82, 2.24) is 9.88 Å². The van der Waals surface area contributed by atoms with Crippen LogP contribution < -0.4 is 10.1 Å². The molecule has 0 unspecified atom stereocenters. The Bertz CT molecular complexity index is 1050. The molecule has 3 rings (SSSR count). The Morgan fingerprint density at radius 1 is 1.18 bits per heavy atom. The number of carbonyl (C=O) groups excluding carboxylic acids is 2. The third kappa shape index (κ3) is 4.23. The van der Waals surface area contributed by atoms with E-state index in [-0.39, 0.29) is 18.4 Å². The van der Waals surface area contributed by atoms with Crippen molar-refractivity contribution in [3.8, 4) is 5.75 Å². The van der Waals surface area contributed by atoms with Gasteiger partial charge in [0.15, 0.2) is 0 Å². The van der Waals surface area contributed by atoms with Gasteiger partial charge in [0.25, 0.3) is 5.91 Å². The highest BCUT2D eigenvalue weighted by atomic mass is 35.5. The van der Waals surface area contributed by atoms with Gasteiger partial charge in [-0.2, -0.15) is 0 Å². The Kier molecular flexibility index (Phi) is 5.80. The van der Waals surface area contributed by atoms with Gasteiger partial charge in [-0.15, -0.1) is 0 Å². The summed E-state index contributed by atoms with van der Waals surface area (Å²) in [4.78, 5) is 31.0.